The zero-order valence-electron chi connectivity index (χ0n) is 3.42. The summed E-state index contributed by atoms with van der Waals surface area (Å²) in [6.07, 6.45) is -2.33. The quantitative estimate of drug-likeness (QED) is 0.335. The molecule has 8 heavy (non-hydrogen) atoms. The summed E-state index contributed by atoms with van der Waals surface area (Å²) in [5.74, 6) is 0. The van der Waals surface area contributed by atoms with Gasteiger partial charge in [-0.3, -0.25) is 0 Å². The molecule has 0 saturated carbocycles. The second-order valence-corrected chi connectivity index (χ2v) is 0.796. The van der Waals surface area contributed by atoms with E-state index in [4.69, 9.17) is 24.9 Å². The number of hydrogen-bond acceptors (Lipinski definition) is 5. The average molecular weight is 139 g/mol. The smallest absolute Gasteiger partial charge is 0.134 e. The summed E-state index contributed by atoms with van der Waals surface area (Å²) in [6.45, 7) is 0. The summed E-state index contributed by atoms with van der Waals surface area (Å²) in [5, 5.41) is 25.3. The standard InChI is InChI=1S/CHClO2.CH2O3/c2*2-1(3)4/h(H,3,4);(H2,2,3,4)/p-3. The van der Waals surface area contributed by atoms with Gasteiger partial charge in [-0.15, -0.1) is 0 Å². The van der Waals surface area contributed by atoms with Gasteiger partial charge in [0.25, 0.3) is 0 Å². The predicted octanol–water partition coefficient (Wildman–Crippen LogP) is -2.88. The molecule has 0 N–H and O–H groups in total. The topological polar surface area (TPSA) is 103 Å². The maximum absolute atomic E-state index is 8.65. The van der Waals surface area contributed by atoms with Crippen molar-refractivity contribution in [3.63, 3.8) is 0 Å². The Kier molecular flexibility index (Phi) is 7.62. The summed E-state index contributed by atoms with van der Waals surface area (Å²) in [7, 11) is 0. The van der Waals surface area contributed by atoms with Crippen LogP contribution < -0.4 is 15.3 Å². The predicted molar refractivity (Wildman–Crippen MR) is 16.6 cm³/mol. The third-order valence-electron chi connectivity index (χ3n) is 0. The van der Waals surface area contributed by atoms with E-state index in [2.05, 4.69) is 11.6 Å². The van der Waals surface area contributed by atoms with Crippen LogP contribution in [0.5, 0.6) is 0 Å². The zero-order valence-corrected chi connectivity index (χ0v) is 4.18. The van der Waals surface area contributed by atoms with E-state index in [0.29, 0.717) is 0 Å². The molecule has 0 aromatic carbocycles. The minimum absolute atomic E-state index is 1.61. The molecule has 48 valence electrons. The molecule has 0 aliphatic carbocycles. The fraction of sp³-hybridized carbons (Fsp3) is 0. The first-order valence-electron chi connectivity index (χ1n) is 1.21. The lowest BCUT2D eigenvalue weighted by Gasteiger charge is -1.96. The van der Waals surface area contributed by atoms with E-state index in [1.54, 1.807) is 0 Å². The minimum atomic E-state index is -2.33. The van der Waals surface area contributed by atoms with E-state index in [0.717, 1.165) is 0 Å². The molecular formula is C2ClO5-3. The van der Waals surface area contributed by atoms with Crippen molar-refractivity contribution in [2.75, 3.05) is 0 Å². The highest BCUT2D eigenvalue weighted by Crippen LogP contribution is 1.60. The van der Waals surface area contributed by atoms with Crippen molar-refractivity contribution < 1.29 is 24.9 Å². The monoisotopic (exact) mass is 139 g/mol. The van der Waals surface area contributed by atoms with Crippen LogP contribution in [-0.4, -0.2) is 11.6 Å². The lowest BCUT2D eigenvalue weighted by atomic mass is 11.5. The molecule has 6 heteroatoms. The van der Waals surface area contributed by atoms with E-state index in [1.165, 1.54) is 0 Å². The third-order valence-corrected chi connectivity index (χ3v) is 0. The maximum Gasteiger partial charge on any atom is 0.134 e. The van der Waals surface area contributed by atoms with Gasteiger partial charge in [0, 0.05) is 0 Å². The van der Waals surface area contributed by atoms with Crippen molar-refractivity contribution in [3.05, 3.63) is 0 Å². The number of carbonyl (C=O) groups is 2. The Labute approximate surface area is 49.1 Å². The van der Waals surface area contributed by atoms with Crippen LogP contribution in [0, 0.1) is 0 Å². The van der Waals surface area contributed by atoms with Gasteiger partial charge in [0.15, 0.2) is 0 Å². The van der Waals surface area contributed by atoms with Crippen LogP contribution in [0.3, 0.4) is 0 Å². The van der Waals surface area contributed by atoms with Crippen LogP contribution in [0.2, 0.25) is 0 Å². The molecule has 0 aromatic rings. The number of hydrogen-bond donors (Lipinski definition) is 0. The highest BCUT2D eigenvalue weighted by molar-refractivity contribution is 6.59. The summed E-state index contributed by atoms with van der Waals surface area (Å²) in [6, 6.07) is 0. The molecule has 0 spiro atoms. The fourth-order valence-corrected chi connectivity index (χ4v) is 0. The SMILES string of the molecule is O=C([O-])Cl.O=C([O-])[O-]. The van der Waals surface area contributed by atoms with Gasteiger partial charge in [0.1, 0.15) is 5.43 Å². The Balaban J connectivity index is 0. The van der Waals surface area contributed by atoms with Crippen molar-refractivity contribution >= 4 is 23.2 Å². The molecule has 0 fully saturated rings. The first-order valence-corrected chi connectivity index (χ1v) is 1.59. The molecule has 0 atom stereocenters. The zero-order chi connectivity index (χ0) is 7.15. The number of rotatable bonds is 0. The van der Waals surface area contributed by atoms with E-state index in [1.807, 2.05) is 0 Å². The largest absolute Gasteiger partial charge is 0.652 e. The van der Waals surface area contributed by atoms with Crippen LogP contribution in [-0.2, 0) is 0 Å². The van der Waals surface area contributed by atoms with Crippen LogP contribution in [0.1, 0.15) is 0 Å². The average Bonchev–Trinajstić information content (AvgIpc) is 1.25. The van der Waals surface area contributed by atoms with Gasteiger partial charge in [-0.1, -0.05) is 11.6 Å². The normalized spacial score (nSPS) is 6.12. The third kappa shape index (κ3) is 86.8. The minimum Gasteiger partial charge on any atom is -0.652 e. The van der Waals surface area contributed by atoms with Gasteiger partial charge in [-0.2, -0.15) is 0 Å². The second kappa shape index (κ2) is 6.03. The summed E-state index contributed by atoms with van der Waals surface area (Å²) >= 11 is 4.08. The number of carbonyl (C=O) groups excluding carboxylic acids is 2. The first-order chi connectivity index (χ1) is 3.46. The van der Waals surface area contributed by atoms with Crippen LogP contribution >= 0.6 is 11.6 Å². The highest BCUT2D eigenvalue weighted by atomic mass is 35.5. The van der Waals surface area contributed by atoms with Crippen molar-refractivity contribution in [3.8, 4) is 0 Å². The molecule has 0 heterocycles. The van der Waals surface area contributed by atoms with Crippen molar-refractivity contribution in [2.45, 2.75) is 0 Å². The maximum atomic E-state index is 8.65. The lowest BCUT2D eigenvalue weighted by Crippen LogP contribution is -2.37. The number of carboxylic acid groups (broad SMARTS) is 3. The molecule has 0 bridgehead atoms. The molecule has 0 aliphatic heterocycles. The van der Waals surface area contributed by atoms with Crippen LogP contribution in [0.15, 0.2) is 0 Å². The Morgan fingerprint density at radius 3 is 1.12 bits per heavy atom. The van der Waals surface area contributed by atoms with Crippen molar-refractivity contribution in [1.82, 2.24) is 0 Å². The van der Waals surface area contributed by atoms with Gasteiger partial charge in [-0.25, -0.2) is 0 Å². The van der Waals surface area contributed by atoms with E-state index in [9.17, 15) is 0 Å². The molecular weight excluding hydrogens is 139 g/mol. The van der Waals surface area contributed by atoms with Gasteiger partial charge >= 0.3 is 0 Å². The molecule has 0 unspecified atom stereocenters. The molecule has 0 aromatic heterocycles. The fourth-order valence-electron chi connectivity index (χ4n) is 0. The summed E-state index contributed by atoms with van der Waals surface area (Å²) in [4.78, 5) is 17.0. The molecule has 5 nitrogen and oxygen atoms in total. The van der Waals surface area contributed by atoms with Crippen LogP contribution in [0.25, 0.3) is 0 Å². The molecule has 0 radical (unpaired) electrons. The Morgan fingerprint density at radius 1 is 1.12 bits per heavy atom. The van der Waals surface area contributed by atoms with Crippen molar-refractivity contribution in [1.29, 1.82) is 0 Å². The summed E-state index contributed by atoms with van der Waals surface area (Å²) < 4.78 is 0. The molecule has 0 saturated heterocycles. The van der Waals surface area contributed by atoms with Gasteiger partial charge < -0.3 is 24.9 Å². The molecule has 0 aliphatic rings. The first kappa shape index (κ1) is 10.1. The van der Waals surface area contributed by atoms with E-state index in [-0.39, 0.29) is 0 Å². The lowest BCUT2D eigenvalue weighted by molar-refractivity contribution is -0.415. The molecule has 0 rings (SSSR count). The van der Waals surface area contributed by atoms with E-state index >= 15 is 0 Å². The molecule has 0 amide bonds. The highest BCUT2D eigenvalue weighted by Gasteiger charge is 1.51. The van der Waals surface area contributed by atoms with Gasteiger partial charge in [0.05, 0.1) is 0 Å². The Hall–Kier alpha value is -0.970. The summed E-state index contributed by atoms with van der Waals surface area (Å²) in [5.41, 5.74) is -1.61. The number of halogens is 1. The van der Waals surface area contributed by atoms with Gasteiger partial charge in [-0.05, 0) is 6.16 Å². The van der Waals surface area contributed by atoms with E-state index < -0.39 is 11.6 Å². The Morgan fingerprint density at radius 2 is 1.12 bits per heavy atom. The van der Waals surface area contributed by atoms with Gasteiger partial charge in [0.2, 0.25) is 0 Å². The van der Waals surface area contributed by atoms with Crippen LogP contribution in [0.4, 0.5) is 9.59 Å². The van der Waals surface area contributed by atoms with Crippen molar-refractivity contribution in [2.24, 2.45) is 0 Å². The Bertz CT molecular complexity index is 68.4. The second-order valence-electron chi connectivity index (χ2n) is 0.488.